The summed E-state index contributed by atoms with van der Waals surface area (Å²) in [6.45, 7) is 0.708. The number of alkyl halides is 3. The van der Waals surface area contributed by atoms with E-state index in [1.807, 2.05) is 23.1 Å². The Labute approximate surface area is 214 Å². The average molecular weight is 523 g/mol. The Hall–Kier alpha value is -2.94. The summed E-state index contributed by atoms with van der Waals surface area (Å²) < 4.78 is 39.6. The fraction of sp³-hybridized carbons (Fsp3) is 0.500. The van der Waals surface area contributed by atoms with E-state index in [-0.39, 0.29) is 39.6 Å². The van der Waals surface area contributed by atoms with E-state index in [2.05, 4.69) is 12.1 Å². The van der Waals surface area contributed by atoms with Crippen molar-refractivity contribution >= 4 is 11.8 Å². The molecule has 2 aromatic carbocycles. The molecular formula is C28H34F4N2O3. The lowest BCUT2D eigenvalue weighted by atomic mass is 9.65. The van der Waals surface area contributed by atoms with Crippen LogP contribution in [-0.4, -0.2) is 40.1 Å². The van der Waals surface area contributed by atoms with Crippen LogP contribution in [0.5, 0.6) is 0 Å². The van der Waals surface area contributed by atoms with Crippen molar-refractivity contribution in [2.75, 3.05) is 0 Å². The molecule has 0 bridgehead atoms. The summed E-state index contributed by atoms with van der Waals surface area (Å²) in [5.41, 5.74) is 3.51. The predicted octanol–water partition coefficient (Wildman–Crippen LogP) is 5.36. The molecule has 2 aromatic rings. The van der Waals surface area contributed by atoms with Crippen LogP contribution in [0.3, 0.4) is 0 Å². The van der Waals surface area contributed by atoms with Crippen LogP contribution in [0.4, 0.5) is 17.9 Å². The van der Waals surface area contributed by atoms with Gasteiger partial charge in [-0.2, -0.15) is 13.2 Å². The van der Waals surface area contributed by atoms with E-state index in [9.17, 15) is 27.9 Å². The molecule has 0 radical (unpaired) electrons. The maximum Gasteiger partial charge on any atom is 0.421 e. The number of nitrogens with zero attached hydrogens (tertiary/aromatic N) is 1. The molecule has 0 heterocycles. The van der Waals surface area contributed by atoms with E-state index in [1.54, 1.807) is 0 Å². The zero-order valence-corrected chi connectivity index (χ0v) is 20.8. The summed E-state index contributed by atoms with van der Waals surface area (Å²) in [4.78, 5) is 27.0. The Morgan fingerprint density at radius 1 is 0.973 bits per heavy atom. The third-order valence-corrected chi connectivity index (χ3v) is 7.96. The first kappa shape index (κ1) is 28.6. The first-order chi connectivity index (χ1) is 16.9. The molecule has 9 heteroatoms. The van der Waals surface area contributed by atoms with Gasteiger partial charge in [-0.1, -0.05) is 42.5 Å². The molecule has 37 heavy (non-hydrogen) atoms. The van der Waals surface area contributed by atoms with Crippen LogP contribution in [-0.2, 0) is 15.8 Å². The summed E-state index contributed by atoms with van der Waals surface area (Å²) >= 11 is 0. The molecule has 3 N–H and O–H groups in total. The van der Waals surface area contributed by atoms with E-state index in [1.165, 1.54) is 29.8 Å². The number of nitrogens with two attached hydrogens (primary N) is 1. The largest absolute Gasteiger partial charge is 0.421 e. The molecule has 5 nitrogen and oxygen atoms in total. The minimum Gasteiger partial charge on any atom is -0.376 e. The van der Waals surface area contributed by atoms with E-state index >= 15 is 0 Å². The summed E-state index contributed by atoms with van der Waals surface area (Å²) in [6.07, 6.45) is 1.16. The van der Waals surface area contributed by atoms with E-state index in [0.717, 1.165) is 38.5 Å². The summed E-state index contributed by atoms with van der Waals surface area (Å²) in [6, 6.07) is 15.4. The number of carbonyl (C=O) groups is 2. The SMILES string of the molecule is C[C@](O)(c1ccc(C(=O)N(C2CC2)C2CCC(CCC(N)=O)(c3ccccc3)CC2)cc1)C(F)(F)F.F. The fourth-order valence-corrected chi connectivity index (χ4v) is 5.50. The van der Waals surface area contributed by atoms with Gasteiger partial charge >= 0.3 is 6.18 Å². The maximum absolute atomic E-state index is 13.5. The number of hydrogen-bond donors (Lipinski definition) is 2. The second kappa shape index (κ2) is 10.8. The van der Waals surface area contributed by atoms with Crippen molar-refractivity contribution < 1.29 is 32.6 Å². The lowest BCUT2D eigenvalue weighted by Gasteiger charge is -2.44. The molecule has 1 atom stereocenters. The lowest BCUT2D eigenvalue weighted by Crippen LogP contribution is -2.46. The molecule has 2 amide bonds. The Kier molecular flexibility index (Phi) is 8.37. The average Bonchev–Trinajstić information content (AvgIpc) is 3.69. The zero-order chi connectivity index (χ0) is 26.1. The molecule has 0 spiro atoms. The standard InChI is InChI=1S/C28H33F3N2O3.FH/c1-26(36,28(29,30)31)20-9-7-19(8-10-20)25(35)33(22-11-12-22)23-13-16-27(17-14-23,18-15-24(32)34)21-5-3-2-4-6-21;/h2-10,22-23,36H,11-18H2,1H3,(H2,32,34);1H/t23?,26-,27?;/m0./s1. The Morgan fingerprint density at radius 2 is 1.51 bits per heavy atom. The normalized spacial score (nSPS) is 23.4. The van der Waals surface area contributed by atoms with Crippen LogP contribution in [0.1, 0.15) is 79.8 Å². The van der Waals surface area contributed by atoms with Crippen molar-refractivity contribution in [3.63, 3.8) is 0 Å². The molecule has 0 saturated heterocycles. The van der Waals surface area contributed by atoms with Gasteiger partial charge in [0.2, 0.25) is 5.91 Å². The number of rotatable bonds is 8. The van der Waals surface area contributed by atoms with Gasteiger partial charge in [0.05, 0.1) is 0 Å². The number of carbonyl (C=O) groups excluding carboxylic acids is 2. The van der Waals surface area contributed by atoms with Crippen molar-refractivity contribution in [2.45, 2.75) is 87.6 Å². The molecule has 202 valence electrons. The van der Waals surface area contributed by atoms with Gasteiger partial charge in [-0.05, 0) is 80.5 Å². The van der Waals surface area contributed by atoms with E-state index in [4.69, 9.17) is 5.73 Å². The quantitative estimate of drug-likeness (QED) is 0.458. The minimum absolute atomic E-state index is 0. The Balaban J connectivity index is 0.00000380. The summed E-state index contributed by atoms with van der Waals surface area (Å²) in [5, 5.41) is 9.93. The van der Waals surface area contributed by atoms with Gasteiger partial charge < -0.3 is 15.7 Å². The monoisotopic (exact) mass is 522 g/mol. The van der Waals surface area contributed by atoms with Crippen molar-refractivity contribution in [1.82, 2.24) is 4.90 Å². The molecule has 2 aliphatic carbocycles. The number of amides is 2. The molecular weight excluding hydrogens is 488 g/mol. The highest BCUT2D eigenvalue weighted by molar-refractivity contribution is 5.95. The van der Waals surface area contributed by atoms with Gasteiger partial charge in [0.1, 0.15) is 0 Å². The van der Waals surface area contributed by atoms with Gasteiger partial charge in [-0.3, -0.25) is 14.3 Å². The van der Waals surface area contributed by atoms with Gasteiger partial charge in [0.25, 0.3) is 5.91 Å². The van der Waals surface area contributed by atoms with Crippen LogP contribution < -0.4 is 5.73 Å². The Morgan fingerprint density at radius 3 is 2.00 bits per heavy atom. The summed E-state index contributed by atoms with van der Waals surface area (Å²) in [7, 11) is 0. The smallest absolute Gasteiger partial charge is 0.376 e. The maximum atomic E-state index is 13.5. The molecule has 2 aliphatic rings. The highest BCUT2D eigenvalue weighted by atomic mass is 19.4. The van der Waals surface area contributed by atoms with Gasteiger partial charge in [-0.25, -0.2) is 0 Å². The van der Waals surface area contributed by atoms with Crippen LogP contribution in [0.25, 0.3) is 0 Å². The van der Waals surface area contributed by atoms with E-state index in [0.29, 0.717) is 25.3 Å². The van der Waals surface area contributed by atoms with Crippen LogP contribution in [0.2, 0.25) is 0 Å². The lowest BCUT2D eigenvalue weighted by molar-refractivity contribution is -0.258. The summed E-state index contributed by atoms with van der Waals surface area (Å²) in [5.74, 6) is -0.514. The molecule has 4 rings (SSSR count). The first-order valence-corrected chi connectivity index (χ1v) is 12.5. The fourth-order valence-electron chi connectivity index (χ4n) is 5.50. The molecule has 0 aromatic heterocycles. The topological polar surface area (TPSA) is 83.6 Å². The third kappa shape index (κ3) is 5.98. The number of benzene rings is 2. The molecule has 0 aliphatic heterocycles. The molecule has 2 saturated carbocycles. The van der Waals surface area contributed by atoms with Crippen molar-refractivity contribution in [2.24, 2.45) is 5.73 Å². The van der Waals surface area contributed by atoms with Crippen LogP contribution in [0.15, 0.2) is 54.6 Å². The van der Waals surface area contributed by atoms with E-state index < -0.39 is 11.8 Å². The molecule has 2 fully saturated rings. The molecule has 0 unspecified atom stereocenters. The van der Waals surface area contributed by atoms with Crippen LogP contribution >= 0.6 is 0 Å². The Bertz CT molecular complexity index is 1070. The second-order valence-electron chi connectivity index (χ2n) is 10.4. The predicted molar refractivity (Wildman–Crippen MR) is 133 cm³/mol. The van der Waals surface area contributed by atoms with Crippen LogP contribution in [0, 0.1) is 0 Å². The second-order valence-corrected chi connectivity index (χ2v) is 10.4. The minimum atomic E-state index is -4.82. The number of hydrogen-bond acceptors (Lipinski definition) is 3. The van der Waals surface area contributed by atoms with Gasteiger partial charge in [0, 0.05) is 24.1 Å². The zero-order valence-electron chi connectivity index (χ0n) is 20.8. The van der Waals surface area contributed by atoms with Crippen molar-refractivity contribution in [3.05, 3.63) is 71.3 Å². The highest BCUT2D eigenvalue weighted by Gasteiger charge is 2.51. The van der Waals surface area contributed by atoms with Crippen molar-refractivity contribution in [3.8, 4) is 0 Å². The number of halogens is 4. The van der Waals surface area contributed by atoms with Gasteiger partial charge in [-0.15, -0.1) is 0 Å². The first-order valence-electron chi connectivity index (χ1n) is 12.5. The highest BCUT2D eigenvalue weighted by Crippen LogP contribution is 2.46. The third-order valence-electron chi connectivity index (χ3n) is 7.96. The van der Waals surface area contributed by atoms with Crippen molar-refractivity contribution in [1.29, 1.82) is 0 Å². The van der Waals surface area contributed by atoms with Gasteiger partial charge in [0.15, 0.2) is 5.60 Å². The number of primary amides is 1. The number of aliphatic hydroxyl groups is 1.